The third kappa shape index (κ3) is 3.02. The second-order valence-corrected chi connectivity index (χ2v) is 2.34. The summed E-state index contributed by atoms with van der Waals surface area (Å²) in [5.74, 6) is 0. The van der Waals surface area contributed by atoms with E-state index in [4.69, 9.17) is 0 Å². The minimum atomic E-state index is -0.496. The van der Waals surface area contributed by atoms with Gasteiger partial charge in [0.1, 0.15) is 0 Å². The number of imidazole rings is 1. The summed E-state index contributed by atoms with van der Waals surface area (Å²) in [6, 6.07) is 0. The van der Waals surface area contributed by atoms with Gasteiger partial charge >= 0.3 is 11.8 Å². The molecule has 0 aliphatic carbocycles. The van der Waals surface area contributed by atoms with Crippen LogP contribution in [0.1, 0.15) is 12.6 Å². The van der Waals surface area contributed by atoms with E-state index in [2.05, 4.69) is 20.0 Å². The first-order valence-electron chi connectivity index (χ1n) is 3.89. The summed E-state index contributed by atoms with van der Waals surface area (Å²) in [5, 5.41) is 2.46. The van der Waals surface area contributed by atoms with Crippen LogP contribution in [0.3, 0.4) is 0 Å². The highest BCUT2D eigenvalue weighted by Crippen LogP contribution is 1.86. The van der Waals surface area contributed by atoms with Crippen LogP contribution in [-0.2, 0) is 11.3 Å². The molecule has 6 heteroatoms. The Labute approximate surface area is 74.3 Å². The SMILES string of the molecule is CCOC(=O)NCc1c[nH]c(=O)[nH]1. The van der Waals surface area contributed by atoms with Crippen LogP contribution >= 0.6 is 0 Å². The molecular formula is C7H11N3O3. The fraction of sp³-hybridized carbons (Fsp3) is 0.429. The van der Waals surface area contributed by atoms with Crippen molar-refractivity contribution >= 4 is 6.09 Å². The highest BCUT2D eigenvalue weighted by atomic mass is 16.5. The normalized spacial score (nSPS) is 9.62. The molecule has 0 spiro atoms. The van der Waals surface area contributed by atoms with E-state index in [1.54, 1.807) is 6.92 Å². The topological polar surface area (TPSA) is 87.0 Å². The van der Waals surface area contributed by atoms with Gasteiger partial charge in [-0.2, -0.15) is 0 Å². The number of aromatic nitrogens is 2. The van der Waals surface area contributed by atoms with Gasteiger partial charge in [0.15, 0.2) is 0 Å². The summed E-state index contributed by atoms with van der Waals surface area (Å²) in [7, 11) is 0. The third-order valence-corrected chi connectivity index (χ3v) is 1.35. The molecule has 1 amide bonds. The second-order valence-electron chi connectivity index (χ2n) is 2.34. The van der Waals surface area contributed by atoms with E-state index in [0.717, 1.165) is 0 Å². The van der Waals surface area contributed by atoms with E-state index in [1.807, 2.05) is 0 Å². The van der Waals surface area contributed by atoms with Crippen molar-refractivity contribution in [3.8, 4) is 0 Å². The summed E-state index contributed by atoms with van der Waals surface area (Å²) in [4.78, 5) is 26.3. The molecule has 0 aliphatic rings. The van der Waals surface area contributed by atoms with Gasteiger partial charge in [-0.3, -0.25) is 0 Å². The van der Waals surface area contributed by atoms with Gasteiger partial charge in [-0.05, 0) is 6.92 Å². The van der Waals surface area contributed by atoms with E-state index in [0.29, 0.717) is 12.3 Å². The van der Waals surface area contributed by atoms with Crippen LogP contribution in [0.25, 0.3) is 0 Å². The first-order chi connectivity index (χ1) is 6.22. The Bertz CT molecular complexity index is 328. The van der Waals surface area contributed by atoms with Crippen LogP contribution < -0.4 is 11.0 Å². The van der Waals surface area contributed by atoms with Crippen LogP contribution in [0.2, 0.25) is 0 Å². The largest absolute Gasteiger partial charge is 0.450 e. The zero-order chi connectivity index (χ0) is 9.68. The number of hydrogen-bond acceptors (Lipinski definition) is 3. The molecule has 1 heterocycles. The molecule has 72 valence electrons. The predicted octanol–water partition coefficient (Wildman–Crippen LogP) is -0.0509. The summed E-state index contributed by atoms with van der Waals surface area (Å²) in [6.07, 6.45) is 0.999. The van der Waals surface area contributed by atoms with Crippen LogP contribution in [-0.4, -0.2) is 22.7 Å². The monoisotopic (exact) mass is 185 g/mol. The smallest absolute Gasteiger partial charge is 0.407 e. The van der Waals surface area contributed by atoms with Crippen molar-refractivity contribution in [2.24, 2.45) is 0 Å². The van der Waals surface area contributed by atoms with Gasteiger partial charge in [-0.15, -0.1) is 0 Å². The van der Waals surface area contributed by atoms with Crippen LogP contribution in [0.15, 0.2) is 11.0 Å². The van der Waals surface area contributed by atoms with Crippen LogP contribution in [0.4, 0.5) is 4.79 Å². The van der Waals surface area contributed by atoms with Crippen molar-refractivity contribution in [3.63, 3.8) is 0 Å². The van der Waals surface area contributed by atoms with Crippen molar-refractivity contribution < 1.29 is 9.53 Å². The minimum Gasteiger partial charge on any atom is -0.450 e. The molecule has 0 atom stereocenters. The van der Waals surface area contributed by atoms with Crippen LogP contribution in [0.5, 0.6) is 0 Å². The molecule has 1 aromatic heterocycles. The number of aromatic amines is 2. The van der Waals surface area contributed by atoms with Crippen LogP contribution in [0, 0.1) is 0 Å². The van der Waals surface area contributed by atoms with Gasteiger partial charge in [-0.1, -0.05) is 0 Å². The highest BCUT2D eigenvalue weighted by molar-refractivity contribution is 5.66. The summed E-state index contributed by atoms with van der Waals surface area (Å²) in [5.41, 5.74) is 0.318. The van der Waals surface area contributed by atoms with Crippen molar-refractivity contribution in [2.75, 3.05) is 6.61 Å². The Morgan fingerprint density at radius 3 is 3.00 bits per heavy atom. The van der Waals surface area contributed by atoms with Crippen molar-refractivity contribution in [2.45, 2.75) is 13.5 Å². The molecule has 1 aromatic rings. The molecule has 0 radical (unpaired) electrons. The van der Waals surface area contributed by atoms with E-state index in [-0.39, 0.29) is 12.2 Å². The second kappa shape index (κ2) is 4.34. The average molecular weight is 185 g/mol. The van der Waals surface area contributed by atoms with E-state index in [9.17, 15) is 9.59 Å². The lowest BCUT2D eigenvalue weighted by Crippen LogP contribution is -2.24. The summed E-state index contributed by atoms with van der Waals surface area (Å²) in [6.45, 7) is 2.30. The number of hydrogen-bond donors (Lipinski definition) is 3. The lowest BCUT2D eigenvalue weighted by Gasteiger charge is -2.02. The molecule has 0 bridgehead atoms. The fourth-order valence-electron chi connectivity index (χ4n) is 0.815. The Morgan fingerprint density at radius 2 is 2.46 bits per heavy atom. The molecule has 0 saturated carbocycles. The van der Waals surface area contributed by atoms with Gasteiger partial charge in [0.2, 0.25) is 0 Å². The van der Waals surface area contributed by atoms with Gasteiger partial charge in [0.25, 0.3) is 0 Å². The number of ether oxygens (including phenoxy) is 1. The zero-order valence-electron chi connectivity index (χ0n) is 7.22. The van der Waals surface area contributed by atoms with Crippen molar-refractivity contribution in [3.05, 3.63) is 22.4 Å². The number of nitrogens with one attached hydrogen (secondary N) is 3. The van der Waals surface area contributed by atoms with Gasteiger partial charge in [-0.25, -0.2) is 9.59 Å². The van der Waals surface area contributed by atoms with Gasteiger partial charge < -0.3 is 20.0 Å². The maximum Gasteiger partial charge on any atom is 0.407 e. The number of H-pyrrole nitrogens is 2. The molecule has 13 heavy (non-hydrogen) atoms. The number of rotatable bonds is 3. The number of amides is 1. The van der Waals surface area contributed by atoms with E-state index < -0.39 is 6.09 Å². The number of carbonyl (C=O) groups is 1. The van der Waals surface area contributed by atoms with Gasteiger partial charge in [0.05, 0.1) is 18.8 Å². The first kappa shape index (κ1) is 9.37. The zero-order valence-corrected chi connectivity index (χ0v) is 7.22. The Morgan fingerprint density at radius 1 is 1.69 bits per heavy atom. The Balaban J connectivity index is 2.35. The first-order valence-corrected chi connectivity index (χ1v) is 3.89. The maximum absolute atomic E-state index is 10.8. The quantitative estimate of drug-likeness (QED) is 0.617. The van der Waals surface area contributed by atoms with E-state index >= 15 is 0 Å². The van der Waals surface area contributed by atoms with Crippen molar-refractivity contribution in [1.82, 2.24) is 15.3 Å². The Hall–Kier alpha value is -1.72. The highest BCUT2D eigenvalue weighted by Gasteiger charge is 2.00. The maximum atomic E-state index is 10.8. The Kier molecular flexibility index (Phi) is 3.13. The molecule has 0 unspecified atom stereocenters. The minimum absolute atomic E-state index is 0.248. The van der Waals surface area contributed by atoms with Crippen molar-refractivity contribution in [1.29, 1.82) is 0 Å². The summed E-state index contributed by atoms with van der Waals surface area (Å²) < 4.78 is 4.62. The summed E-state index contributed by atoms with van der Waals surface area (Å²) >= 11 is 0. The molecule has 1 rings (SSSR count). The molecule has 0 aromatic carbocycles. The molecule has 0 fully saturated rings. The van der Waals surface area contributed by atoms with Gasteiger partial charge in [0, 0.05) is 6.20 Å². The third-order valence-electron chi connectivity index (χ3n) is 1.35. The molecule has 0 saturated heterocycles. The molecule has 0 aliphatic heterocycles. The predicted molar refractivity (Wildman–Crippen MR) is 45.3 cm³/mol. The number of alkyl carbamates (subject to hydrolysis) is 1. The standard InChI is InChI=1S/C7H11N3O3/c1-2-13-7(12)9-4-5-3-8-6(11)10-5/h3H,2,4H2,1H3,(H,9,12)(H2,8,10,11). The average Bonchev–Trinajstić information content (AvgIpc) is 2.49. The number of carbonyl (C=O) groups excluding carboxylic acids is 1. The fourth-order valence-corrected chi connectivity index (χ4v) is 0.815. The lowest BCUT2D eigenvalue weighted by atomic mass is 10.5. The lowest BCUT2D eigenvalue weighted by molar-refractivity contribution is 0.151. The molecule has 3 N–H and O–H groups in total. The molecular weight excluding hydrogens is 174 g/mol. The van der Waals surface area contributed by atoms with E-state index in [1.165, 1.54) is 6.20 Å². The molecule has 6 nitrogen and oxygen atoms in total.